The third-order valence-electron chi connectivity index (χ3n) is 6.65. The second-order valence-electron chi connectivity index (χ2n) is 8.33. The van der Waals surface area contributed by atoms with Gasteiger partial charge >= 0.3 is 0 Å². The van der Waals surface area contributed by atoms with Crippen molar-refractivity contribution in [2.45, 2.75) is 88.6 Å². The van der Waals surface area contributed by atoms with Crippen LogP contribution in [0.3, 0.4) is 0 Å². The smallest absolute Gasteiger partial charge is 0.194 e. The highest BCUT2D eigenvalue weighted by Gasteiger charge is 2.31. The molecule has 2 saturated carbocycles. The van der Waals surface area contributed by atoms with Crippen LogP contribution in [-0.2, 0) is 0 Å². The normalized spacial score (nSPS) is 29.7. The number of hydrogen-bond acceptors (Lipinski definition) is 0. The van der Waals surface area contributed by atoms with Crippen LogP contribution >= 0.6 is 0 Å². The molecule has 0 saturated heterocycles. The molecule has 2 aliphatic rings. The molecule has 0 N–H and O–H groups in total. The topological polar surface area (TPSA) is 0 Å². The Morgan fingerprint density at radius 2 is 1.38 bits per heavy atom. The van der Waals surface area contributed by atoms with Gasteiger partial charge < -0.3 is 0 Å². The van der Waals surface area contributed by atoms with Gasteiger partial charge in [0.15, 0.2) is 17.5 Å². The van der Waals surface area contributed by atoms with Crippen molar-refractivity contribution >= 4 is 9.52 Å². The minimum Gasteiger partial charge on any atom is -0.204 e. The molecule has 1 aromatic carbocycles. The standard InChI is InChI=1S/C22H31F3Si/c1-2-3-12-26-19-10-8-16(9-11-19)15-4-6-17(7-5-15)18-13-20(23)22(25)21(24)14-18/h13-17,19H,2-12H2,1H3. The molecule has 1 aromatic rings. The van der Waals surface area contributed by atoms with Crippen LogP contribution < -0.4 is 0 Å². The van der Waals surface area contributed by atoms with Crippen LogP contribution in [0, 0.1) is 29.3 Å². The maximum atomic E-state index is 13.5. The van der Waals surface area contributed by atoms with Crippen molar-refractivity contribution in [3.63, 3.8) is 0 Å². The Morgan fingerprint density at radius 3 is 1.92 bits per heavy atom. The van der Waals surface area contributed by atoms with Crippen molar-refractivity contribution in [1.82, 2.24) is 0 Å². The highest BCUT2D eigenvalue weighted by Crippen LogP contribution is 2.45. The van der Waals surface area contributed by atoms with Gasteiger partial charge in [-0.25, -0.2) is 13.2 Å². The number of halogens is 3. The molecule has 2 fully saturated rings. The Balaban J connectivity index is 1.46. The summed E-state index contributed by atoms with van der Waals surface area (Å²) in [6.07, 6.45) is 12.5. The molecule has 0 nitrogen and oxygen atoms in total. The van der Waals surface area contributed by atoms with Gasteiger partial charge in [0.1, 0.15) is 0 Å². The Bertz CT molecular complexity index is 550. The number of unbranched alkanes of at least 4 members (excludes halogenated alkanes) is 1. The first-order valence-corrected chi connectivity index (χ1v) is 11.7. The van der Waals surface area contributed by atoms with Crippen molar-refractivity contribution in [2.75, 3.05) is 0 Å². The minimum absolute atomic E-state index is 0.183. The van der Waals surface area contributed by atoms with Crippen LogP contribution in [0.2, 0.25) is 11.6 Å². The summed E-state index contributed by atoms with van der Waals surface area (Å²) in [5, 5.41) is 0. The van der Waals surface area contributed by atoms with Gasteiger partial charge in [0.2, 0.25) is 0 Å². The summed E-state index contributed by atoms with van der Waals surface area (Å²) in [6, 6.07) is 3.82. The van der Waals surface area contributed by atoms with E-state index in [9.17, 15) is 13.2 Å². The molecule has 2 aliphatic carbocycles. The first-order valence-electron chi connectivity index (χ1n) is 10.5. The van der Waals surface area contributed by atoms with E-state index in [-0.39, 0.29) is 5.92 Å². The molecule has 0 aromatic heterocycles. The molecular formula is C22H31F3Si. The van der Waals surface area contributed by atoms with Crippen molar-refractivity contribution in [1.29, 1.82) is 0 Å². The quantitative estimate of drug-likeness (QED) is 0.276. The Morgan fingerprint density at radius 1 is 0.846 bits per heavy atom. The molecule has 0 aliphatic heterocycles. The maximum Gasteiger partial charge on any atom is 0.194 e. The second-order valence-corrected chi connectivity index (χ2v) is 10.1. The Kier molecular flexibility index (Phi) is 7.25. The lowest BCUT2D eigenvalue weighted by molar-refractivity contribution is 0.185. The molecule has 2 radical (unpaired) electrons. The molecule has 0 spiro atoms. The summed E-state index contributed by atoms with van der Waals surface area (Å²) >= 11 is 0. The van der Waals surface area contributed by atoms with E-state index in [1.165, 1.54) is 56.7 Å². The van der Waals surface area contributed by atoms with Gasteiger partial charge in [0.05, 0.1) is 0 Å². The Labute approximate surface area is 158 Å². The van der Waals surface area contributed by atoms with Crippen LogP contribution in [0.4, 0.5) is 13.2 Å². The van der Waals surface area contributed by atoms with Crippen LogP contribution in [-0.4, -0.2) is 9.52 Å². The zero-order chi connectivity index (χ0) is 18.5. The van der Waals surface area contributed by atoms with Crippen LogP contribution in [0.5, 0.6) is 0 Å². The summed E-state index contributed by atoms with van der Waals surface area (Å²) in [5.41, 5.74) is 1.61. The van der Waals surface area contributed by atoms with Crippen molar-refractivity contribution < 1.29 is 13.2 Å². The van der Waals surface area contributed by atoms with Gasteiger partial charge in [0.25, 0.3) is 0 Å². The SMILES string of the molecule is CCCC[Si]C1CCC(C2CCC(c3cc(F)c(F)c(F)c3)CC2)CC1. The van der Waals surface area contributed by atoms with E-state index in [4.69, 9.17) is 0 Å². The molecule has 0 bridgehead atoms. The van der Waals surface area contributed by atoms with Gasteiger partial charge in [-0.2, -0.15) is 0 Å². The summed E-state index contributed by atoms with van der Waals surface area (Å²) in [6.45, 7) is 2.27. The molecule has 0 amide bonds. The van der Waals surface area contributed by atoms with E-state index >= 15 is 0 Å². The maximum absolute atomic E-state index is 13.5. The fourth-order valence-electron chi connectivity index (χ4n) is 5.01. The average molecular weight is 381 g/mol. The molecule has 0 heterocycles. The zero-order valence-electron chi connectivity index (χ0n) is 15.9. The van der Waals surface area contributed by atoms with E-state index < -0.39 is 17.5 Å². The van der Waals surface area contributed by atoms with Crippen LogP contribution in [0.25, 0.3) is 0 Å². The molecule has 144 valence electrons. The molecule has 3 rings (SSSR count). The van der Waals surface area contributed by atoms with Gasteiger partial charge in [0, 0.05) is 9.52 Å². The second kappa shape index (κ2) is 9.43. The Hall–Kier alpha value is -0.773. The third kappa shape index (κ3) is 4.93. The highest BCUT2D eigenvalue weighted by molar-refractivity contribution is 6.37. The number of hydrogen-bond donors (Lipinski definition) is 0. The summed E-state index contributed by atoms with van der Waals surface area (Å²) in [5.74, 6) is -1.64. The monoisotopic (exact) mass is 380 g/mol. The van der Waals surface area contributed by atoms with E-state index in [1.54, 1.807) is 0 Å². The van der Waals surface area contributed by atoms with E-state index in [2.05, 4.69) is 6.92 Å². The van der Waals surface area contributed by atoms with Crippen LogP contribution in [0.1, 0.15) is 82.6 Å². The lowest BCUT2D eigenvalue weighted by atomic mass is 9.70. The fourth-order valence-corrected chi connectivity index (χ4v) is 6.72. The predicted octanol–water partition coefficient (Wildman–Crippen LogP) is 7.28. The predicted molar refractivity (Wildman–Crippen MR) is 102 cm³/mol. The van der Waals surface area contributed by atoms with Crippen LogP contribution in [0.15, 0.2) is 12.1 Å². The first-order chi connectivity index (χ1) is 12.6. The van der Waals surface area contributed by atoms with E-state index in [0.29, 0.717) is 5.56 Å². The summed E-state index contributed by atoms with van der Waals surface area (Å²) in [7, 11) is 1.16. The molecule has 0 atom stereocenters. The summed E-state index contributed by atoms with van der Waals surface area (Å²) < 4.78 is 40.2. The largest absolute Gasteiger partial charge is 0.204 e. The third-order valence-corrected chi connectivity index (χ3v) is 8.45. The number of benzene rings is 1. The molecular weight excluding hydrogens is 349 g/mol. The van der Waals surface area contributed by atoms with Gasteiger partial charge in [-0.05, 0) is 66.7 Å². The zero-order valence-corrected chi connectivity index (χ0v) is 16.9. The number of rotatable bonds is 6. The highest BCUT2D eigenvalue weighted by atomic mass is 28.2. The van der Waals surface area contributed by atoms with Gasteiger partial charge in [-0.15, -0.1) is 0 Å². The van der Waals surface area contributed by atoms with Gasteiger partial charge in [-0.3, -0.25) is 0 Å². The van der Waals surface area contributed by atoms with Gasteiger partial charge in [-0.1, -0.05) is 51.5 Å². The van der Waals surface area contributed by atoms with E-state index in [0.717, 1.165) is 52.6 Å². The van der Waals surface area contributed by atoms with E-state index in [1.807, 2.05) is 0 Å². The fraction of sp³-hybridized carbons (Fsp3) is 0.727. The molecule has 0 unspecified atom stereocenters. The molecule has 4 heteroatoms. The lowest BCUT2D eigenvalue weighted by Gasteiger charge is -2.38. The lowest BCUT2D eigenvalue weighted by Crippen LogP contribution is -2.25. The first kappa shape index (κ1) is 20.0. The molecule has 26 heavy (non-hydrogen) atoms. The average Bonchev–Trinajstić information content (AvgIpc) is 2.67. The van der Waals surface area contributed by atoms with Crippen molar-refractivity contribution in [2.24, 2.45) is 11.8 Å². The van der Waals surface area contributed by atoms with Crippen molar-refractivity contribution in [3.05, 3.63) is 35.1 Å². The minimum atomic E-state index is -1.35. The van der Waals surface area contributed by atoms with Crippen molar-refractivity contribution in [3.8, 4) is 0 Å². The summed E-state index contributed by atoms with van der Waals surface area (Å²) in [4.78, 5) is 0.